The number of piperidine rings is 1. The molecule has 2 aliphatic heterocycles. The molecule has 4 nitrogen and oxygen atoms in total. The van der Waals surface area contributed by atoms with Crippen LogP contribution in [0.1, 0.15) is 25.7 Å². The summed E-state index contributed by atoms with van der Waals surface area (Å²) in [6.45, 7) is 1.63. The highest BCUT2D eigenvalue weighted by atomic mass is 16.5. The van der Waals surface area contributed by atoms with Crippen molar-refractivity contribution in [3.05, 3.63) is 0 Å². The van der Waals surface area contributed by atoms with Crippen LogP contribution in [0.3, 0.4) is 0 Å². The van der Waals surface area contributed by atoms with Crippen LogP contribution >= 0.6 is 0 Å². The first kappa shape index (κ1) is 9.93. The Bertz CT molecular complexity index is 213. The van der Waals surface area contributed by atoms with Gasteiger partial charge >= 0.3 is 5.97 Å². The van der Waals surface area contributed by atoms with Crippen molar-refractivity contribution >= 4 is 5.97 Å². The normalized spacial score (nSPS) is 38.4. The molecular formula is C10H17NO3. The second-order valence-corrected chi connectivity index (χ2v) is 4.22. The van der Waals surface area contributed by atoms with Gasteiger partial charge in [-0.25, -0.2) is 0 Å². The van der Waals surface area contributed by atoms with Gasteiger partial charge in [-0.1, -0.05) is 0 Å². The van der Waals surface area contributed by atoms with Gasteiger partial charge in [0.1, 0.15) is 6.04 Å². The summed E-state index contributed by atoms with van der Waals surface area (Å²) in [6, 6.07) is 0.0155. The van der Waals surface area contributed by atoms with Gasteiger partial charge in [0.15, 0.2) is 0 Å². The average Bonchev–Trinajstić information content (AvgIpc) is 2.71. The lowest BCUT2D eigenvalue weighted by Crippen LogP contribution is -2.50. The Morgan fingerprint density at radius 3 is 2.86 bits per heavy atom. The van der Waals surface area contributed by atoms with Crippen LogP contribution in [0.4, 0.5) is 0 Å². The Morgan fingerprint density at radius 1 is 1.36 bits per heavy atom. The summed E-state index contributed by atoms with van der Waals surface area (Å²) in [5.74, 6) is -0.189. The van der Waals surface area contributed by atoms with Crippen LogP contribution in [-0.2, 0) is 9.53 Å². The van der Waals surface area contributed by atoms with Crippen LogP contribution in [-0.4, -0.2) is 36.4 Å². The Kier molecular flexibility index (Phi) is 3.03. The third-order valence-corrected chi connectivity index (χ3v) is 3.26. The molecule has 2 heterocycles. The molecule has 2 aliphatic rings. The lowest BCUT2D eigenvalue weighted by molar-refractivity contribution is -0.140. The lowest BCUT2D eigenvalue weighted by atomic mass is 9.89. The van der Waals surface area contributed by atoms with Crippen LogP contribution in [0, 0.1) is 5.92 Å². The first-order chi connectivity index (χ1) is 6.77. The van der Waals surface area contributed by atoms with Crippen molar-refractivity contribution in [3.63, 3.8) is 0 Å². The molecule has 0 radical (unpaired) electrons. The Morgan fingerprint density at radius 2 is 2.21 bits per heavy atom. The van der Waals surface area contributed by atoms with Crippen LogP contribution < -0.4 is 5.32 Å². The van der Waals surface area contributed by atoms with E-state index in [0.29, 0.717) is 12.0 Å². The monoisotopic (exact) mass is 199 g/mol. The van der Waals surface area contributed by atoms with E-state index in [0.717, 1.165) is 38.9 Å². The highest BCUT2D eigenvalue weighted by molar-refractivity contribution is 5.73. The molecule has 0 amide bonds. The summed E-state index contributed by atoms with van der Waals surface area (Å²) in [4.78, 5) is 10.8. The van der Waals surface area contributed by atoms with Crippen molar-refractivity contribution in [3.8, 4) is 0 Å². The molecule has 0 spiro atoms. The molecule has 14 heavy (non-hydrogen) atoms. The van der Waals surface area contributed by atoms with Gasteiger partial charge in [0, 0.05) is 12.6 Å². The number of ether oxygens (including phenoxy) is 1. The summed E-state index contributed by atoms with van der Waals surface area (Å²) < 4.78 is 5.32. The first-order valence-corrected chi connectivity index (χ1v) is 5.34. The first-order valence-electron chi connectivity index (χ1n) is 5.34. The maximum absolute atomic E-state index is 10.8. The maximum atomic E-state index is 10.8. The topological polar surface area (TPSA) is 58.6 Å². The Balaban J connectivity index is 1.89. The van der Waals surface area contributed by atoms with E-state index in [1.807, 2.05) is 0 Å². The van der Waals surface area contributed by atoms with Gasteiger partial charge in [-0.3, -0.25) is 4.79 Å². The van der Waals surface area contributed by atoms with Crippen LogP contribution in [0.2, 0.25) is 0 Å². The van der Waals surface area contributed by atoms with Gasteiger partial charge in [-0.15, -0.1) is 0 Å². The summed E-state index contributed by atoms with van der Waals surface area (Å²) in [5.41, 5.74) is 0. The van der Waals surface area contributed by atoms with E-state index in [9.17, 15) is 4.79 Å². The van der Waals surface area contributed by atoms with Gasteiger partial charge < -0.3 is 15.2 Å². The molecule has 2 fully saturated rings. The molecule has 0 bridgehead atoms. The predicted molar refractivity (Wildman–Crippen MR) is 51.1 cm³/mol. The van der Waals surface area contributed by atoms with E-state index < -0.39 is 5.97 Å². The highest BCUT2D eigenvalue weighted by Crippen LogP contribution is 2.24. The largest absolute Gasteiger partial charge is 0.480 e. The van der Waals surface area contributed by atoms with Crippen LogP contribution in [0.15, 0.2) is 0 Å². The molecule has 2 rings (SSSR count). The molecule has 80 valence electrons. The van der Waals surface area contributed by atoms with Crippen molar-refractivity contribution in [2.45, 2.75) is 37.8 Å². The predicted octanol–water partition coefficient (Wildman–Crippen LogP) is 0.618. The molecule has 2 N–H and O–H groups in total. The number of hydrogen-bond donors (Lipinski definition) is 2. The van der Waals surface area contributed by atoms with Crippen LogP contribution in [0.5, 0.6) is 0 Å². The number of aliphatic carboxylic acids is 1. The van der Waals surface area contributed by atoms with Gasteiger partial charge in [-0.2, -0.15) is 0 Å². The minimum Gasteiger partial charge on any atom is -0.480 e. The van der Waals surface area contributed by atoms with Gasteiger partial charge in [-0.05, 0) is 31.6 Å². The molecule has 0 saturated carbocycles. The van der Waals surface area contributed by atoms with Crippen LogP contribution in [0.25, 0.3) is 0 Å². The number of carbonyl (C=O) groups is 1. The lowest BCUT2D eigenvalue weighted by Gasteiger charge is -2.31. The number of rotatable bonds is 2. The fourth-order valence-electron chi connectivity index (χ4n) is 2.40. The number of hydrogen-bond acceptors (Lipinski definition) is 3. The van der Waals surface area contributed by atoms with E-state index in [1.165, 1.54) is 0 Å². The second kappa shape index (κ2) is 4.28. The van der Waals surface area contributed by atoms with Crippen molar-refractivity contribution < 1.29 is 14.6 Å². The fraction of sp³-hybridized carbons (Fsp3) is 0.900. The molecular weight excluding hydrogens is 182 g/mol. The van der Waals surface area contributed by atoms with Gasteiger partial charge in [0.25, 0.3) is 0 Å². The van der Waals surface area contributed by atoms with E-state index in [1.54, 1.807) is 0 Å². The molecule has 0 aromatic rings. The Labute approximate surface area is 83.6 Å². The zero-order valence-corrected chi connectivity index (χ0v) is 8.24. The molecule has 3 atom stereocenters. The summed E-state index contributed by atoms with van der Waals surface area (Å²) >= 11 is 0. The van der Waals surface area contributed by atoms with Gasteiger partial charge in [0.05, 0.1) is 6.61 Å². The van der Waals surface area contributed by atoms with Crippen molar-refractivity contribution in [1.82, 2.24) is 5.32 Å². The number of carboxylic acids is 1. The minimum absolute atomic E-state index is 0.339. The number of carboxylic acid groups (broad SMARTS) is 1. The molecule has 4 heteroatoms. The highest BCUT2D eigenvalue weighted by Gasteiger charge is 2.32. The molecule has 2 saturated heterocycles. The maximum Gasteiger partial charge on any atom is 0.320 e. The zero-order valence-electron chi connectivity index (χ0n) is 8.24. The molecule has 3 unspecified atom stereocenters. The summed E-state index contributed by atoms with van der Waals surface area (Å²) in [6.07, 6.45) is 3.95. The van der Waals surface area contributed by atoms with E-state index in [-0.39, 0.29) is 6.04 Å². The second-order valence-electron chi connectivity index (χ2n) is 4.22. The zero-order chi connectivity index (χ0) is 9.97. The average molecular weight is 199 g/mol. The van der Waals surface area contributed by atoms with Crippen molar-refractivity contribution in [1.29, 1.82) is 0 Å². The quantitative estimate of drug-likeness (QED) is 0.684. The van der Waals surface area contributed by atoms with Gasteiger partial charge in [0.2, 0.25) is 0 Å². The van der Waals surface area contributed by atoms with E-state index in [4.69, 9.17) is 9.84 Å². The van der Waals surface area contributed by atoms with Crippen molar-refractivity contribution in [2.24, 2.45) is 5.92 Å². The summed E-state index contributed by atoms with van der Waals surface area (Å²) in [7, 11) is 0. The molecule has 0 aromatic carbocycles. The van der Waals surface area contributed by atoms with Crippen molar-refractivity contribution in [2.75, 3.05) is 13.2 Å². The summed E-state index contributed by atoms with van der Waals surface area (Å²) in [5, 5.41) is 12.1. The molecule has 0 aliphatic carbocycles. The molecule has 0 aromatic heterocycles. The standard InChI is InChI=1S/C10H17NO3/c12-10(13)9-3-1-2-8(11-9)7-4-5-14-6-7/h7-9,11H,1-6H2,(H,12,13). The Hall–Kier alpha value is -0.610. The van der Waals surface area contributed by atoms with E-state index in [2.05, 4.69) is 5.32 Å². The van der Waals surface area contributed by atoms with E-state index >= 15 is 0 Å². The number of nitrogens with one attached hydrogen (secondary N) is 1. The SMILES string of the molecule is O=C(O)C1CCCC(C2CCOC2)N1. The third kappa shape index (κ3) is 2.07. The third-order valence-electron chi connectivity index (χ3n) is 3.26. The fourth-order valence-corrected chi connectivity index (χ4v) is 2.40. The smallest absolute Gasteiger partial charge is 0.320 e. The minimum atomic E-state index is -0.714.